The van der Waals surface area contributed by atoms with Crippen LogP contribution in [0.1, 0.15) is 42.1 Å². The van der Waals surface area contributed by atoms with E-state index in [9.17, 15) is 4.79 Å². The maximum Gasteiger partial charge on any atom is 0.292 e. The first-order valence-electron chi connectivity index (χ1n) is 7.38. The molecule has 1 amide bonds. The van der Waals surface area contributed by atoms with Gasteiger partial charge < -0.3 is 9.32 Å². The molecule has 1 heterocycles. The van der Waals surface area contributed by atoms with Crippen molar-refractivity contribution in [1.29, 1.82) is 0 Å². The van der Waals surface area contributed by atoms with Crippen molar-refractivity contribution in [2.24, 2.45) is 0 Å². The highest BCUT2D eigenvalue weighted by Crippen LogP contribution is 2.13. The van der Waals surface area contributed by atoms with Crippen LogP contribution in [0, 0.1) is 18.8 Å². The van der Waals surface area contributed by atoms with Crippen LogP contribution in [0.15, 0.2) is 41.1 Å². The molecule has 0 aliphatic carbocycles. The van der Waals surface area contributed by atoms with Crippen molar-refractivity contribution in [3.05, 3.63) is 53.7 Å². The van der Waals surface area contributed by atoms with E-state index in [-0.39, 0.29) is 11.9 Å². The summed E-state index contributed by atoms with van der Waals surface area (Å²) in [6.45, 7) is 6.18. The Balaban J connectivity index is 2.16. The monoisotopic (exact) mass is 296 g/mol. The molecule has 0 fully saturated rings. The average Bonchev–Trinajstić information content (AvgIpc) is 2.97. The highest BCUT2D eigenvalue weighted by atomic mass is 16.3. The van der Waals surface area contributed by atoms with Gasteiger partial charge in [0.15, 0.2) is 6.39 Å². The zero-order valence-electron chi connectivity index (χ0n) is 13.2. The van der Waals surface area contributed by atoms with Crippen molar-refractivity contribution in [3.63, 3.8) is 0 Å². The van der Waals surface area contributed by atoms with Crippen LogP contribution in [0.5, 0.6) is 0 Å². The molecule has 4 nitrogen and oxygen atoms in total. The summed E-state index contributed by atoms with van der Waals surface area (Å²) in [5.41, 5.74) is 1.55. The van der Waals surface area contributed by atoms with Crippen LogP contribution in [-0.4, -0.2) is 28.4 Å². The first-order chi connectivity index (χ1) is 10.6. The molecule has 0 aliphatic heterocycles. The van der Waals surface area contributed by atoms with Crippen LogP contribution >= 0.6 is 0 Å². The number of amides is 1. The van der Waals surface area contributed by atoms with E-state index in [1.807, 2.05) is 44.2 Å². The van der Waals surface area contributed by atoms with Gasteiger partial charge in [-0.2, -0.15) is 0 Å². The molecule has 4 heteroatoms. The number of carbonyl (C=O) groups excluding carboxylic acids is 1. The van der Waals surface area contributed by atoms with Gasteiger partial charge in [-0.25, -0.2) is 4.98 Å². The Hall–Kier alpha value is -2.54. The standard InChI is InChI=1S/C18H20N2O2/c1-4-14(2)20(18(21)17-15(3)19-13-22-17)12-8-11-16-9-6-5-7-10-16/h5-7,9-10,13-14H,4,12H2,1-3H3. The van der Waals surface area contributed by atoms with E-state index in [0.29, 0.717) is 18.0 Å². The van der Waals surface area contributed by atoms with Crippen LogP contribution in [0.2, 0.25) is 0 Å². The summed E-state index contributed by atoms with van der Waals surface area (Å²) in [6, 6.07) is 9.82. The first-order valence-corrected chi connectivity index (χ1v) is 7.38. The summed E-state index contributed by atoms with van der Waals surface area (Å²) in [4.78, 5) is 18.3. The van der Waals surface area contributed by atoms with E-state index in [1.54, 1.807) is 11.8 Å². The lowest BCUT2D eigenvalue weighted by molar-refractivity contribution is 0.0683. The minimum absolute atomic E-state index is 0.0853. The van der Waals surface area contributed by atoms with Crippen molar-refractivity contribution < 1.29 is 9.21 Å². The van der Waals surface area contributed by atoms with E-state index < -0.39 is 0 Å². The highest BCUT2D eigenvalue weighted by molar-refractivity contribution is 5.92. The third-order valence-electron chi connectivity index (χ3n) is 3.58. The molecule has 22 heavy (non-hydrogen) atoms. The van der Waals surface area contributed by atoms with Crippen molar-refractivity contribution in [1.82, 2.24) is 9.88 Å². The molecule has 0 spiro atoms. The summed E-state index contributed by atoms with van der Waals surface area (Å²) in [5, 5.41) is 0. The SMILES string of the molecule is CCC(C)N(CC#Cc1ccccc1)C(=O)c1ocnc1C. The second kappa shape index (κ2) is 7.46. The van der Waals surface area contributed by atoms with Crippen LogP contribution in [0.25, 0.3) is 0 Å². The van der Waals surface area contributed by atoms with Gasteiger partial charge in [-0.05, 0) is 32.4 Å². The summed E-state index contributed by atoms with van der Waals surface area (Å²) in [6.07, 6.45) is 2.15. The molecule has 1 aromatic carbocycles. The molecule has 1 unspecified atom stereocenters. The van der Waals surface area contributed by atoms with Gasteiger partial charge >= 0.3 is 0 Å². The lowest BCUT2D eigenvalue weighted by atomic mass is 10.2. The van der Waals surface area contributed by atoms with Crippen molar-refractivity contribution in [2.45, 2.75) is 33.2 Å². The second-order valence-electron chi connectivity index (χ2n) is 5.13. The van der Waals surface area contributed by atoms with E-state index in [0.717, 1.165) is 12.0 Å². The zero-order valence-corrected chi connectivity index (χ0v) is 13.2. The van der Waals surface area contributed by atoms with Gasteiger partial charge in [0.1, 0.15) is 0 Å². The molecule has 0 N–H and O–H groups in total. The third kappa shape index (κ3) is 3.76. The van der Waals surface area contributed by atoms with E-state index >= 15 is 0 Å². The quantitative estimate of drug-likeness (QED) is 0.813. The lowest BCUT2D eigenvalue weighted by Crippen LogP contribution is -2.38. The summed E-state index contributed by atoms with van der Waals surface area (Å²) >= 11 is 0. The maximum absolute atomic E-state index is 12.6. The Kier molecular flexibility index (Phi) is 5.37. The highest BCUT2D eigenvalue weighted by Gasteiger charge is 2.24. The van der Waals surface area contributed by atoms with Gasteiger partial charge in [0.2, 0.25) is 5.76 Å². The molecule has 0 saturated carbocycles. The maximum atomic E-state index is 12.6. The van der Waals surface area contributed by atoms with Gasteiger partial charge in [-0.1, -0.05) is 37.0 Å². The summed E-state index contributed by atoms with van der Waals surface area (Å²) in [5.74, 6) is 6.28. The number of nitrogens with zero attached hydrogens (tertiary/aromatic N) is 2. The third-order valence-corrected chi connectivity index (χ3v) is 3.58. The lowest BCUT2D eigenvalue weighted by Gasteiger charge is -2.25. The van der Waals surface area contributed by atoms with Gasteiger partial charge in [-0.3, -0.25) is 4.79 Å². The minimum Gasteiger partial charge on any atom is -0.438 e. The predicted molar refractivity (Wildman–Crippen MR) is 85.3 cm³/mol. The van der Waals surface area contributed by atoms with E-state index in [4.69, 9.17) is 4.42 Å². The Bertz CT molecular complexity index is 680. The number of oxazole rings is 1. The Labute approximate surface area is 131 Å². The number of rotatable bonds is 4. The van der Waals surface area contributed by atoms with Crippen LogP contribution in [0.3, 0.4) is 0 Å². The summed E-state index contributed by atoms with van der Waals surface area (Å²) < 4.78 is 5.22. The molecule has 0 bridgehead atoms. The molecule has 1 atom stereocenters. The van der Waals surface area contributed by atoms with E-state index in [2.05, 4.69) is 16.8 Å². The zero-order chi connectivity index (χ0) is 15.9. The largest absolute Gasteiger partial charge is 0.438 e. The average molecular weight is 296 g/mol. The number of benzene rings is 1. The number of aryl methyl sites for hydroxylation is 1. The molecule has 2 rings (SSSR count). The minimum atomic E-state index is -0.160. The van der Waals surface area contributed by atoms with Crippen LogP contribution < -0.4 is 0 Å². The van der Waals surface area contributed by atoms with Crippen molar-refractivity contribution in [2.75, 3.05) is 6.54 Å². The molecule has 0 aliphatic rings. The van der Waals surface area contributed by atoms with Crippen molar-refractivity contribution >= 4 is 5.91 Å². The fourth-order valence-corrected chi connectivity index (χ4v) is 2.03. The molecular weight excluding hydrogens is 276 g/mol. The number of hydrogen-bond acceptors (Lipinski definition) is 3. The molecule has 2 aromatic rings. The Morgan fingerprint density at radius 1 is 1.36 bits per heavy atom. The van der Waals surface area contributed by atoms with Crippen LogP contribution in [-0.2, 0) is 0 Å². The Morgan fingerprint density at radius 3 is 2.68 bits per heavy atom. The van der Waals surface area contributed by atoms with E-state index in [1.165, 1.54) is 6.39 Å². The molecule has 0 saturated heterocycles. The van der Waals surface area contributed by atoms with Gasteiger partial charge in [0.05, 0.1) is 12.2 Å². The predicted octanol–water partition coefficient (Wildman–Crippen LogP) is 3.28. The van der Waals surface area contributed by atoms with Gasteiger partial charge in [0.25, 0.3) is 5.91 Å². The van der Waals surface area contributed by atoms with Gasteiger partial charge in [-0.15, -0.1) is 0 Å². The summed E-state index contributed by atoms with van der Waals surface area (Å²) in [7, 11) is 0. The van der Waals surface area contributed by atoms with Crippen LogP contribution in [0.4, 0.5) is 0 Å². The fourth-order valence-electron chi connectivity index (χ4n) is 2.03. The second-order valence-corrected chi connectivity index (χ2v) is 5.13. The number of carbonyl (C=O) groups is 1. The van der Waals surface area contributed by atoms with Crippen molar-refractivity contribution in [3.8, 4) is 11.8 Å². The smallest absolute Gasteiger partial charge is 0.292 e. The molecule has 1 aromatic heterocycles. The van der Waals surface area contributed by atoms with Gasteiger partial charge in [0, 0.05) is 11.6 Å². The fraction of sp³-hybridized carbons (Fsp3) is 0.333. The number of hydrogen-bond donors (Lipinski definition) is 0. The Morgan fingerprint density at radius 2 is 2.09 bits per heavy atom. The topological polar surface area (TPSA) is 46.3 Å². The number of aromatic nitrogens is 1. The molecular formula is C18H20N2O2. The first kappa shape index (κ1) is 15.8. The molecule has 0 radical (unpaired) electrons. The molecule has 114 valence electrons. The normalized spacial score (nSPS) is 11.4.